The summed E-state index contributed by atoms with van der Waals surface area (Å²) in [6.45, 7) is 0. The predicted octanol–water partition coefficient (Wildman–Crippen LogP) is -0.844. The zero-order valence-electron chi connectivity index (χ0n) is 4.38. The molecule has 6 heteroatoms. The van der Waals surface area contributed by atoms with Gasteiger partial charge in [-0.3, -0.25) is 5.43 Å². The number of nitrogens with one attached hydrogen (secondary N) is 2. The molecule has 2 amide bonds. The van der Waals surface area contributed by atoms with Gasteiger partial charge in [-0.15, -0.1) is 0 Å². The van der Waals surface area contributed by atoms with E-state index in [0.29, 0.717) is 0 Å². The summed E-state index contributed by atoms with van der Waals surface area (Å²) >= 11 is 0. The fourth-order valence-corrected chi connectivity index (χ4v) is 0.128. The average molecular weight is 117 g/mol. The zero-order valence-corrected chi connectivity index (χ0v) is 4.38. The highest BCUT2D eigenvalue weighted by Gasteiger charge is 1.87. The molecule has 0 saturated heterocycles. The van der Waals surface area contributed by atoms with E-state index < -0.39 is 6.03 Å². The van der Waals surface area contributed by atoms with Crippen LogP contribution in [0.3, 0.4) is 0 Å². The second kappa shape index (κ2) is 4.00. The lowest BCUT2D eigenvalue weighted by Crippen LogP contribution is -2.36. The van der Waals surface area contributed by atoms with Crippen molar-refractivity contribution in [3.8, 4) is 0 Å². The van der Waals surface area contributed by atoms with Crippen LogP contribution in [0.2, 0.25) is 0 Å². The molecule has 6 nitrogen and oxygen atoms in total. The molecule has 0 aliphatic carbocycles. The van der Waals surface area contributed by atoms with Gasteiger partial charge in [0, 0.05) is 0 Å². The normalized spacial score (nSPS) is 9.25. The average Bonchev–Trinajstić information content (AvgIpc) is 1.83. The first-order chi connectivity index (χ1) is 3.81. The van der Waals surface area contributed by atoms with E-state index in [2.05, 4.69) is 16.2 Å². The molecule has 0 spiro atoms. The molecule has 0 aromatic carbocycles. The van der Waals surface area contributed by atoms with Gasteiger partial charge in [-0.1, -0.05) is 5.22 Å². The maximum Gasteiger partial charge on any atom is 0.350 e. The minimum atomic E-state index is -0.587. The smallest absolute Gasteiger partial charge is 0.274 e. The number of amides is 2. The number of nitrogens with zero attached hydrogens (tertiary/aromatic N) is 2. The van der Waals surface area contributed by atoms with Gasteiger partial charge in [-0.25, -0.2) is 16.1 Å². The van der Waals surface area contributed by atoms with Gasteiger partial charge in [0.05, 0.1) is 7.05 Å². The first-order valence-electron chi connectivity index (χ1n) is 1.86. The fourth-order valence-electron chi connectivity index (χ4n) is 0.128. The van der Waals surface area contributed by atoms with Gasteiger partial charge in [0.15, 0.2) is 0 Å². The number of carbonyl (C=O) groups excluding carboxylic acids is 1. The minimum Gasteiger partial charge on any atom is -0.274 e. The van der Waals surface area contributed by atoms with Crippen LogP contribution < -0.4 is 16.7 Å². The molecule has 0 radical (unpaired) electrons. The third-order valence-electron chi connectivity index (χ3n) is 0.383. The standard InChI is InChI=1S/C2H7N5O/c1-4-7-6-2(8)5-3/h3H2,1H3,(H2,4,5,6,8). The Balaban J connectivity index is 3.25. The molecule has 4 N–H and O–H groups in total. The van der Waals surface area contributed by atoms with E-state index in [4.69, 9.17) is 0 Å². The Labute approximate surface area is 46.1 Å². The fraction of sp³-hybridized carbons (Fsp3) is 0.500. The van der Waals surface area contributed by atoms with Crippen molar-refractivity contribution in [3.63, 3.8) is 0 Å². The Morgan fingerprint density at radius 1 is 1.75 bits per heavy atom. The summed E-state index contributed by atoms with van der Waals surface area (Å²) in [5, 5.41) is 6.35. The summed E-state index contributed by atoms with van der Waals surface area (Å²) < 4.78 is 0. The molecule has 8 heavy (non-hydrogen) atoms. The molecule has 0 aromatic rings. The highest BCUT2D eigenvalue weighted by Crippen LogP contribution is 1.60. The van der Waals surface area contributed by atoms with Crippen LogP contribution >= 0.6 is 0 Å². The van der Waals surface area contributed by atoms with Crippen molar-refractivity contribution in [2.75, 3.05) is 7.05 Å². The number of nitrogens with two attached hydrogens (primary N) is 1. The first-order valence-corrected chi connectivity index (χ1v) is 1.86. The second-order valence-corrected chi connectivity index (χ2v) is 0.885. The lowest BCUT2D eigenvalue weighted by Gasteiger charge is -1.91. The molecule has 0 saturated carbocycles. The summed E-state index contributed by atoms with van der Waals surface area (Å²) in [6, 6.07) is -0.587. The predicted molar refractivity (Wildman–Crippen MR) is 26.6 cm³/mol. The van der Waals surface area contributed by atoms with Crippen molar-refractivity contribution in [2.45, 2.75) is 0 Å². The number of urea groups is 1. The Morgan fingerprint density at radius 2 is 2.38 bits per heavy atom. The van der Waals surface area contributed by atoms with E-state index in [0.717, 1.165) is 0 Å². The van der Waals surface area contributed by atoms with Crippen LogP contribution in [-0.2, 0) is 0 Å². The van der Waals surface area contributed by atoms with Crippen LogP contribution in [0, 0.1) is 0 Å². The van der Waals surface area contributed by atoms with Gasteiger partial charge >= 0.3 is 6.03 Å². The maximum absolute atomic E-state index is 10.1. The molecule has 46 valence electrons. The van der Waals surface area contributed by atoms with E-state index in [1.165, 1.54) is 7.05 Å². The van der Waals surface area contributed by atoms with Gasteiger partial charge in [0.2, 0.25) is 0 Å². The molecule has 0 aliphatic heterocycles. The monoisotopic (exact) mass is 117 g/mol. The van der Waals surface area contributed by atoms with E-state index in [1.807, 2.05) is 5.43 Å². The van der Waals surface area contributed by atoms with E-state index in [-0.39, 0.29) is 0 Å². The third kappa shape index (κ3) is 3.04. The number of carbonyl (C=O) groups is 1. The molecule has 0 rings (SSSR count). The van der Waals surface area contributed by atoms with Crippen molar-refractivity contribution >= 4 is 6.03 Å². The summed E-state index contributed by atoms with van der Waals surface area (Å²) in [6.07, 6.45) is 0. The summed E-state index contributed by atoms with van der Waals surface area (Å²) in [7, 11) is 1.43. The SMILES string of the molecule is CN=NNC(=O)NN. The third-order valence-corrected chi connectivity index (χ3v) is 0.383. The molecule has 0 heterocycles. The van der Waals surface area contributed by atoms with Gasteiger partial charge in [0.25, 0.3) is 0 Å². The lowest BCUT2D eigenvalue weighted by molar-refractivity contribution is 0.241. The molecule has 0 unspecified atom stereocenters. The number of hydrogen-bond acceptors (Lipinski definition) is 4. The highest BCUT2D eigenvalue weighted by molar-refractivity contribution is 5.72. The topological polar surface area (TPSA) is 91.9 Å². The molecule has 0 aromatic heterocycles. The van der Waals surface area contributed by atoms with Crippen molar-refractivity contribution in [1.82, 2.24) is 10.9 Å². The quantitative estimate of drug-likeness (QED) is 0.181. The summed E-state index contributed by atoms with van der Waals surface area (Å²) in [5.74, 6) is 4.65. The van der Waals surface area contributed by atoms with Crippen LogP contribution in [0.1, 0.15) is 0 Å². The highest BCUT2D eigenvalue weighted by atomic mass is 16.2. The van der Waals surface area contributed by atoms with Crippen molar-refractivity contribution in [1.29, 1.82) is 0 Å². The van der Waals surface area contributed by atoms with Gasteiger partial charge in [0.1, 0.15) is 0 Å². The largest absolute Gasteiger partial charge is 0.350 e. The summed E-state index contributed by atoms with van der Waals surface area (Å²) in [5.41, 5.74) is 3.76. The maximum atomic E-state index is 10.1. The lowest BCUT2D eigenvalue weighted by atomic mass is 11.1. The van der Waals surface area contributed by atoms with Crippen molar-refractivity contribution < 1.29 is 4.79 Å². The van der Waals surface area contributed by atoms with Crippen LogP contribution in [0.25, 0.3) is 0 Å². The van der Waals surface area contributed by atoms with E-state index >= 15 is 0 Å². The molecule has 0 fully saturated rings. The number of hydrazine groups is 1. The Bertz CT molecular complexity index is 98.6. The van der Waals surface area contributed by atoms with E-state index in [9.17, 15) is 4.79 Å². The molecule has 0 atom stereocenters. The van der Waals surface area contributed by atoms with Crippen LogP contribution in [-0.4, -0.2) is 13.1 Å². The minimum absolute atomic E-state index is 0.587. The first kappa shape index (κ1) is 6.83. The second-order valence-electron chi connectivity index (χ2n) is 0.885. The Kier molecular flexibility index (Phi) is 3.42. The number of hydrogen-bond donors (Lipinski definition) is 3. The molecular weight excluding hydrogens is 110 g/mol. The van der Waals surface area contributed by atoms with Crippen LogP contribution in [0.15, 0.2) is 10.3 Å². The van der Waals surface area contributed by atoms with Crippen molar-refractivity contribution in [2.24, 2.45) is 16.2 Å². The summed E-state index contributed by atoms with van der Waals surface area (Å²) in [4.78, 5) is 10.1. The van der Waals surface area contributed by atoms with Gasteiger partial charge < -0.3 is 0 Å². The van der Waals surface area contributed by atoms with Crippen LogP contribution in [0.4, 0.5) is 4.79 Å². The van der Waals surface area contributed by atoms with E-state index in [1.54, 1.807) is 5.43 Å². The van der Waals surface area contributed by atoms with Crippen molar-refractivity contribution in [3.05, 3.63) is 0 Å². The zero-order chi connectivity index (χ0) is 6.41. The van der Waals surface area contributed by atoms with Crippen LogP contribution in [0.5, 0.6) is 0 Å². The Morgan fingerprint density at radius 3 is 2.75 bits per heavy atom. The van der Waals surface area contributed by atoms with Gasteiger partial charge in [-0.05, 0) is 0 Å². The number of rotatable bonds is 1. The molecular formula is C2H7N5O. The molecule has 0 aliphatic rings. The molecule has 0 bridgehead atoms. The van der Waals surface area contributed by atoms with Gasteiger partial charge in [-0.2, -0.15) is 5.11 Å². The Hall–Kier alpha value is -1.17.